The van der Waals surface area contributed by atoms with E-state index in [0.29, 0.717) is 0 Å². The van der Waals surface area contributed by atoms with Gasteiger partial charge in [-0.15, -0.1) is 0 Å². The topological polar surface area (TPSA) is 30.5 Å². The fraction of sp³-hybridized carbons (Fsp3) is 0.500. The minimum atomic E-state index is 0.991. The molecule has 0 bridgehead atoms. The molecule has 0 saturated carbocycles. The van der Waals surface area contributed by atoms with Crippen LogP contribution >= 0.6 is 0 Å². The van der Waals surface area contributed by atoms with E-state index in [1.807, 2.05) is 26.5 Å². The van der Waals surface area contributed by atoms with Crippen LogP contribution in [0.2, 0.25) is 0 Å². The molecule has 0 spiro atoms. The van der Waals surface area contributed by atoms with Crippen molar-refractivity contribution in [2.45, 2.75) is 0 Å². The largest absolute Gasteiger partial charge is 0.367 e. The Morgan fingerprint density at radius 2 is 1.42 bits per heavy atom. The normalized spacial score (nSPS) is 21.8. The van der Waals surface area contributed by atoms with Crippen LogP contribution in [0.1, 0.15) is 0 Å². The number of hydrogen-bond donors (Lipinski definition) is 2. The van der Waals surface area contributed by atoms with Crippen LogP contribution in [0, 0.1) is 0 Å². The van der Waals surface area contributed by atoms with Crippen molar-refractivity contribution in [3.63, 3.8) is 0 Å². The SMILES string of the molecule is CN1C=CN(C)C2=C1NCCN2. The van der Waals surface area contributed by atoms with Gasteiger partial charge in [0.15, 0.2) is 0 Å². The van der Waals surface area contributed by atoms with Crippen molar-refractivity contribution in [1.29, 1.82) is 0 Å². The van der Waals surface area contributed by atoms with E-state index in [9.17, 15) is 0 Å². The molecule has 0 saturated heterocycles. The number of nitrogens with one attached hydrogen (secondary N) is 2. The highest BCUT2D eigenvalue weighted by atomic mass is 15.4. The summed E-state index contributed by atoms with van der Waals surface area (Å²) in [6.07, 6.45) is 4.08. The van der Waals surface area contributed by atoms with Crippen molar-refractivity contribution in [2.24, 2.45) is 0 Å². The van der Waals surface area contributed by atoms with Gasteiger partial charge in [0.05, 0.1) is 0 Å². The first-order valence-electron chi connectivity index (χ1n) is 4.15. The lowest BCUT2D eigenvalue weighted by Crippen LogP contribution is -2.46. The summed E-state index contributed by atoms with van der Waals surface area (Å²) >= 11 is 0. The second-order valence-corrected chi connectivity index (χ2v) is 3.07. The lowest BCUT2D eigenvalue weighted by Gasteiger charge is -2.35. The first-order valence-corrected chi connectivity index (χ1v) is 4.15. The van der Waals surface area contributed by atoms with E-state index in [-0.39, 0.29) is 0 Å². The van der Waals surface area contributed by atoms with E-state index in [1.54, 1.807) is 0 Å². The van der Waals surface area contributed by atoms with Crippen LogP contribution in [-0.2, 0) is 0 Å². The molecule has 0 aromatic rings. The van der Waals surface area contributed by atoms with Crippen LogP contribution < -0.4 is 10.6 Å². The second-order valence-electron chi connectivity index (χ2n) is 3.07. The molecule has 4 nitrogen and oxygen atoms in total. The summed E-state index contributed by atoms with van der Waals surface area (Å²) in [4.78, 5) is 4.17. The molecule has 0 aliphatic carbocycles. The smallest absolute Gasteiger partial charge is 0.147 e. The number of hydrogen-bond acceptors (Lipinski definition) is 4. The van der Waals surface area contributed by atoms with E-state index in [1.165, 1.54) is 0 Å². The number of rotatable bonds is 0. The standard InChI is InChI=1S/C8H14N4/c1-11-5-6-12(2)8-7(11)9-3-4-10-8/h5-6,9-10H,3-4H2,1-2H3. The Bertz CT molecular complexity index is 219. The van der Waals surface area contributed by atoms with Crippen LogP contribution in [0.25, 0.3) is 0 Å². The minimum Gasteiger partial charge on any atom is -0.367 e. The van der Waals surface area contributed by atoms with Gasteiger partial charge in [0, 0.05) is 39.6 Å². The Labute approximate surface area is 72.5 Å². The predicted octanol–water partition coefficient (Wildman–Crippen LogP) is -0.346. The summed E-state index contributed by atoms with van der Waals surface area (Å²) < 4.78 is 0. The molecule has 0 radical (unpaired) electrons. The van der Waals surface area contributed by atoms with Gasteiger partial charge in [-0.2, -0.15) is 0 Å². The van der Waals surface area contributed by atoms with Gasteiger partial charge in [-0.25, -0.2) is 0 Å². The van der Waals surface area contributed by atoms with Crippen LogP contribution in [0.15, 0.2) is 24.0 Å². The predicted molar refractivity (Wildman–Crippen MR) is 47.7 cm³/mol. The van der Waals surface area contributed by atoms with Crippen LogP contribution in [0.4, 0.5) is 0 Å². The Morgan fingerprint density at radius 1 is 1.00 bits per heavy atom. The minimum absolute atomic E-state index is 0.991. The number of nitrogens with zero attached hydrogens (tertiary/aromatic N) is 2. The van der Waals surface area contributed by atoms with E-state index in [4.69, 9.17) is 0 Å². The average Bonchev–Trinajstić information content (AvgIpc) is 2.12. The van der Waals surface area contributed by atoms with Gasteiger partial charge in [-0.1, -0.05) is 0 Å². The molecule has 2 heterocycles. The van der Waals surface area contributed by atoms with Gasteiger partial charge in [0.1, 0.15) is 11.6 Å². The van der Waals surface area contributed by atoms with Crippen molar-refractivity contribution >= 4 is 0 Å². The quantitative estimate of drug-likeness (QED) is 0.515. The zero-order valence-electron chi connectivity index (χ0n) is 7.46. The summed E-state index contributed by atoms with van der Waals surface area (Å²) in [5, 5.41) is 6.70. The van der Waals surface area contributed by atoms with Gasteiger partial charge in [0.25, 0.3) is 0 Å². The fourth-order valence-corrected chi connectivity index (χ4v) is 1.46. The van der Waals surface area contributed by atoms with Gasteiger partial charge < -0.3 is 20.4 Å². The summed E-state index contributed by atoms with van der Waals surface area (Å²) in [6, 6.07) is 0. The Morgan fingerprint density at radius 3 is 1.83 bits per heavy atom. The van der Waals surface area contributed by atoms with E-state index in [2.05, 4.69) is 20.4 Å². The van der Waals surface area contributed by atoms with Crippen molar-refractivity contribution in [3.8, 4) is 0 Å². The molecule has 2 N–H and O–H groups in total. The molecule has 2 aliphatic heterocycles. The van der Waals surface area contributed by atoms with Crippen molar-refractivity contribution in [1.82, 2.24) is 20.4 Å². The molecule has 66 valence electrons. The Hall–Kier alpha value is -1.32. The molecular formula is C8H14N4. The van der Waals surface area contributed by atoms with Crippen molar-refractivity contribution in [3.05, 3.63) is 24.0 Å². The molecule has 0 unspecified atom stereocenters. The lowest BCUT2D eigenvalue weighted by molar-refractivity contribution is 0.361. The van der Waals surface area contributed by atoms with Gasteiger partial charge in [0.2, 0.25) is 0 Å². The van der Waals surface area contributed by atoms with E-state index < -0.39 is 0 Å². The molecule has 0 amide bonds. The van der Waals surface area contributed by atoms with Crippen LogP contribution in [0.5, 0.6) is 0 Å². The maximum Gasteiger partial charge on any atom is 0.147 e. The van der Waals surface area contributed by atoms with Gasteiger partial charge in [-0.3, -0.25) is 0 Å². The third-order valence-electron chi connectivity index (χ3n) is 2.15. The third kappa shape index (κ3) is 0.995. The molecule has 0 fully saturated rings. The summed E-state index contributed by atoms with van der Waals surface area (Å²) in [5.74, 6) is 2.32. The third-order valence-corrected chi connectivity index (χ3v) is 2.15. The average molecular weight is 166 g/mol. The monoisotopic (exact) mass is 166 g/mol. The molecule has 4 heteroatoms. The first kappa shape index (κ1) is 7.34. The maximum atomic E-state index is 3.35. The summed E-state index contributed by atoms with van der Waals surface area (Å²) in [7, 11) is 4.08. The molecule has 12 heavy (non-hydrogen) atoms. The second kappa shape index (κ2) is 2.62. The van der Waals surface area contributed by atoms with E-state index >= 15 is 0 Å². The Balaban J connectivity index is 2.30. The molecular weight excluding hydrogens is 152 g/mol. The summed E-state index contributed by atoms with van der Waals surface area (Å²) in [5.41, 5.74) is 0. The highest BCUT2D eigenvalue weighted by Crippen LogP contribution is 2.15. The lowest BCUT2D eigenvalue weighted by atomic mass is 10.3. The first-order chi connectivity index (χ1) is 5.79. The van der Waals surface area contributed by atoms with Crippen molar-refractivity contribution in [2.75, 3.05) is 27.2 Å². The molecule has 2 rings (SSSR count). The highest BCUT2D eigenvalue weighted by molar-refractivity contribution is 5.19. The molecule has 0 aromatic heterocycles. The zero-order chi connectivity index (χ0) is 8.55. The van der Waals surface area contributed by atoms with Crippen LogP contribution in [0.3, 0.4) is 0 Å². The van der Waals surface area contributed by atoms with Gasteiger partial charge in [-0.05, 0) is 0 Å². The van der Waals surface area contributed by atoms with Gasteiger partial charge >= 0.3 is 0 Å². The molecule has 0 atom stereocenters. The zero-order valence-corrected chi connectivity index (χ0v) is 7.46. The molecule has 2 aliphatic rings. The summed E-state index contributed by atoms with van der Waals surface area (Å²) in [6.45, 7) is 1.98. The maximum absolute atomic E-state index is 3.35. The Kier molecular flexibility index (Phi) is 1.60. The van der Waals surface area contributed by atoms with Crippen LogP contribution in [-0.4, -0.2) is 37.0 Å². The highest BCUT2D eigenvalue weighted by Gasteiger charge is 2.19. The fourth-order valence-electron chi connectivity index (χ4n) is 1.46. The molecule has 0 aromatic carbocycles. The van der Waals surface area contributed by atoms with E-state index in [0.717, 1.165) is 24.7 Å². The van der Waals surface area contributed by atoms with Crippen molar-refractivity contribution < 1.29 is 0 Å².